The van der Waals surface area contributed by atoms with Crippen LogP contribution in [0.4, 0.5) is 0 Å². The van der Waals surface area contributed by atoms with E-state index in [-0.39, 0.29) is 12.2 Å². The molecule has 0 bridgehead atoms. The molecule has 0 spiro atoms. The van der Waals surface area contributed by atoms with Gasteiger partial charge in [-0.15, -0.1) is 0 Å². The van der Waals surface area contributed by atoms with Gasteiger partial charge in [0.15, 0.2) is 0 Å². The zero-order chi connectivity index (χ0) is 14.9. The maximum Gasteiger partial charge on any atom is 0.329 e. The summed E-state index contributed by atoms with van der Waals surface area (Å²) in [4.78, 5) is 12.7. The van der Waals surface area contributed by atoms with E-state index < -0.39 is 5.97 Å². The Bertz CT molecular complexity index is 509. The fourth-order valence-electron chi connectivity index (χ4n) is 2.57. The lowest BCUT2D eigenvalue weighted by atomic mass is 9.96. The highest BCUT2D eigenvalue weighted by Gasteiger charge is 2.40. The van der Waals surface area contributed by atoms with E-state index in [2.05, 4.69) is 10.00 Å². The molecule has 0 atom stereocenters. The molecule has 1 aliphatic heterocycles. The van der Waals surface area contributed by atoms with Crippen molar-refractivity contribution in [2.45, 2.75) is 39.5 Å². The summed E-state index contributed by atoms with van der Waals surface area (Å²) in [6.45, 7) is 8.49. The average molecular weight is 302 g/mol. The zero-order valence-corrected chi connectivity index (χ0v) is 12.8. The predicted octanol–water partition coefficient (Wildman–Crippen LogP) is 1.54. The molecule has 1 saturated heterocycles. The number of nitrogens with zero attached hydrogens (tertiary/aromatic N) is 3. The third-order valence-corrected chi connectivity index (χ3v) is 3.98. The molecule has 0 amide bonds. The van der Waals surface area contributed by atoms with Crippen molar-refractivity contribution >= 4 is 17.6 Å². The van der Waals surface area contributed by atoms with Gasteiger partial charge in [0.2, 0.25) is 0 Å². The van der Waals surface area contributed by atoms with Gasteiger partial charge in [0.25, 0.3) is 0 Å². The Labute approximate surface area is 123 Å². The Hall–Kier alpha value is -1.11. The van der Waals surface area contributed by atoms with E-state index in [4.69, 9.17) is 21.4 Å². The smallest absolute Gasteiger partial charge is 0.329 e. The zero-order valence-electron chi connectivity index (χ0n) is 12.0. The van der Waals surface area contributed by atoms with Crippen molar-refractivity contribution in [3.05, 3.63) is 16.4 Å². The molecule has 6 nitrogen and oxygen atoms in total. The van der Waals surface area contributed by atoms with E-state index in [1.54, 1.807) is 0 Å². The van der Waals surface area contributed by atoms with Crippen LogP contribution in [0.5, 0.6) is 0 Å². The first kappa shape index (κ1) is 15.3. The third kappa shape index (κ3) is 3.13. The molecular formula is C13H20ClN3O3. The molecule has 1 N–H and O–H groups in total. The van der Waals surface area contributed by atoms with Crippen LogP contribution < -0.4 is 0 Å². The molecule has 0 saturated carbocycles. The van der Waals surface area contributed by atoms with Gasteiger partial charge in [0.1, 0.15) is 6.61 Å². The number of hydrogen-bond acceptors (Lipinski definition) is 4. The fraction of sp³-hybridized carbons (Fsp3) is 0.692. The number of rotatable bonds is 6. The number of carbonyl (C=O) groups is 1. The summed E-state index contributed by atoms with van der Waals surface area (Å²) in [6.07, 6.45) is 0. The van der Waals surface area contributed by atoms with E-state index in [1.807, 2.05) is 25.5 Å². The second-order valence-electron chi connectivity index (χ2n) is 5.44. The lowest BCUT2D eigenvalue weighted by Crippen LogP contribution is -2.61. The molecule has 20 heavy (non-hydrogen) atoms. The minimum Gasteiger partial charge on any atom is -0.480 e. The first-order chi connectivity index (χ1) is 9.34. The van der Waals surface area contributed by atoms with E-state index in [0.29, 0.717) is 24.7 Å². The Morgan fingerprint density at radius 3 is 2.75 bits per heavy atom. The van der Waals surface area contributed by atoms with Gasteiger partial charge in [-0.3, -0.25) is 9.58 Å². The highest BCUT2D eigenvalue weighted by atomic mass is 35.5. The topological polar surface area (TPSA) is 67.6 Å². The van der Waals surface area contributed by atoms with Crippen LogP contribution in [0.1, 0.15) is 25.2 Å². The summed E-state index contributed by atoms with van der Waals surface area (Å²) < 4.78 is 7.30. The summed E-state index contributed by atoms with van der Waals surface area (Å²) in [5, 5.41) is 13.7. The summed E-state index contributed by atoms with van der Waals surface area (Å²) >= 11 is 6.27. The number of carboxylic acids is 1. The molecule has 7 heteroatoms. The van der Waals surface area contributed by atoms with Crippen LogP contribution in [-0.4, -0.2) is 51.1 Å². The Kier molecular flexibility index (Phi) is 4.36. The normalized spacial score (nSPS) is 18.0. The van der Waals surface area contributed by atoms with E-state index >= 15 is 0 Å². The molecule has 1 aromatic heterocycles. The molecule has 2 heterocycles. The van der Waals surface area contributed by atoms with Crippen LogP contribution >= 0.6 is 11.6 Å². The molecule has 1 aromatic rings. The maximum atomic E-state index is 10.5. The van der Waals surface area contributed by atoms with E-state index in [1.165, 1.54) is 0 Å². The summed E-state index contributed by atoms with van der Waals surface area (Å²) in [5.74, 6) is -0.938. The predicted molar refractivity (Wildman–Crippen MR) is 74.9 cm³/mol. The largest absolute Gasteiger partial charge is 0.480 e. The van der Waals surface area contributed by atoms with E-state index in [0.717, 1.165) is 17.9 Å². The van der Waals surface area contributed by atoms with Gasteiger partial charge in [0, 0.05) is 26.2 Å². The second kappa shape index (κ2) is 5.71. The SMILES string of the molecule is CCn1nc(C)c(Cl)c1CN1CC(C)(OCC(=O)O)C1. The summed E-state index contributed by atoms with van der Waals surface area (Å²) in [5.41, 5.74) is 1.47. The van der Waals surface area contributed by atoms with Crippen molar-refractivity contribution < 1.29 is 14.6 Å². The number of aliphatic carboxylic acids is 1. The number of aryl methyl sites for hydroxylation is 2. The highest BCUT2D eigenvalue weighted by molar-refractivity contribution is 6.31. The molecule has 0 unspecified atom stereocenters. The Morgan fingerprint density at radius 1 is 1.55 bits per heavy atom. The molecule has 0 aliphatic carbocycles. The van der Waals surface area contributed by atoms with Gasteiger partial charge in [-0.2, -0.15) is 5.10 Å². The minimum absolute atomic E-state index is 0.253. The van der Waals surface area contributed by atoms with Crippen LogP contribution in [0.2, 0.25) is 5.02 Å². The van der Waals surface area contributed by atoms with Gasteiger partial charge < -0.3 is 9.84 Å². The molecule has 2 rings (SSSR count). The van der Waals surface area contributed by atoms with Gasteiger partial charge in [-0.1, -0.05) is 11.6 Å². The molecular weight excluding hydrogens is 282 g/mol. The standard InChI is InChI=1S/C13H20ClN3O3/c1-4-17-10(12(14)9(2)15-17)5-16-7-13(3,8-16)20-6-11(18)19/h4-8H2,1-3H3,(H,18,19). The maximum absolute atomic E-state index is 10.5. The number of halogens is 1. The van der Waals surface area contributed by atoms with Crippen molar-refractivity contribution in [1.82, 2.24) is 14.7 Å². The molecule has 0 aromatic carbocycles. The Balaban J connectivity index is 1.93. The second-order valence-corrected chi connectivity index (χ2v) is 5.82. The molecule has 1 fully saturated rings. The first-order valence-corrected chi connectivity index (χ1v) is 7.02. The number of likely N-dealkylation sites (tertiary alicyclic amines) is 1. The number of carboxylic acid groups (broad SMARTS) is 1. The van der Waals surface area contributed by atoms with Gasteiger partial charge in [-0.25, -0.2) is 4.79 Å². The van der Waals surface area contributed by atoms with Crippen LogP contribution in [-0.2, 0) is 22.6 Å². The molecule has 0 radical (unpaired) electrons. The summed E-state index contributed by atoms with van der Waals surface area (Å²) in [7, 11) is 0. The van der Waals surface area contributed by atoms with Crippen LogP contribution in [0, 0.1) is 6.92 Å². The van der Waals surface area contributed by atoms with Gasteiger partial charge >= 0.3 is 5.97 Å². The van der Waals surface area contributed by atoms with Crippen LogP contribution in [0.15, 0.2) is 0 Å². The summed E-state index contributed by atoms with van der Waals surface area (Å²) in [6, 6.07) is 0. The number of aromatic nitrogens is 2. The van der Waals surface area contributed by atoms with Gasteiger partial charge in [-0.05, 0) is 20.8 Å². The quantitative estimate of drug-likeness (QED) is 0.863. The van der Waals surface area contributed by atoms with Crippen LogP contribution in [0.3, 0.4) is 0 Å². The third-order valence-electron chi connectivity index (χ3n) is 3.49. The van der Waals surface area contributed by atoms with Crippen molar-refractivity contribution in [3.63, 3.8) is 0 Å². The van der Waals surface area contributed by atoms with Crippen molar-refractivity contribution in [3.8, 4) is 0 Å². The number of ether oxygens (including phenoxy) is 1. The fourth-order valence-corrected chi connectivity index (χ4v) is 2.77. The lowest BCUT2D eigenvalue weighted by Gasteiger charge is -2.47. The number of hydrogen-bond donors (Lipinski definition) is 1. The highest BCUT2D eigenvalue weighted by Crippen LogP contribution is 2.29. The van der Waals surface area contributed by atoms with E-state index in [9.17, 15) is 4.79 Å². The first-order valence-electron chi connectivity index (χ1n) is 6.64. The van der Waals surface area contributed by atoms with Crippen LogP contribution in [0.25, 0.3) is 0 Å². The Morgan fingerprint density at radius 2 is 2.20 bits per heavy atom. The van der Waals surface area contributed by atoms with Crippen molar-refractivity contribution in [2.75, 3.05) is 19.7 Å². The van der Waals surface area contributed by atoms with Gasteiger partial charge in [0.05, 0.1) is 22.0 Å². The molecule has 112 valence electrons. The lowest BCUT2D eigenvalue weighted by molar-refractivity contribution is -0.166. The molecule has 1 aliphatic rings. The van der Waals surface area contributed by atoms with Crippen molar-refractivity contribution in [1.29, 1.82) is 0 Å². The average Bonchev–Trinajstić information content (AvgIpc) is 2.62. The van der Waals surface area contributed by atoms with Crippen molar-refractivity contribution in [2.24, 2.45) is 0 Å². The monoisotopic (exact) mass is 301 g/mol. The minimum atomic E-state index is -0.938.